The first-order valence-electron chi connectivity index (χ1n) is 9.58. The molecule has 0 bridgehead atoms. The number of aliphatic hydroxyl groups excluding tert-OH is 1. The van der Waals surface area contributed by atoms with Crippen LogP contribution >= 0.6 is 0 Å². The zero-order chi connectivity index (χ0) is 20.9. The standard InChI is InChI=1S/C22H26O7/c1-10-6-12-7-14(23)19(25-3)21(26-4)16(12)17-13(18(24)11(10)2)8-15-20(22(17)27-5)29-9-28-15/h7-8,10-11,18,23-24H,6,9H2,1-5H3. The molecule has 29 heavy (non-hydrogen) atoms. The quantitative estimate of drug-likeness (QED) is 0.810. The van der Waals surface area contributed by atoms with Crippen molar-refractivity contribution < 1.29 is 33.9 Å². The Bertz CT molecular complexity index is 953. The first kappa shape index (κ1) is 19.5. The molecule has 7 heteroatoms. The second kappa shape index (κ2) is 7.22. The average Bonchev–Trinajstić information content (AvgIpc) is 3.18. The number of rotatable bonds is 3. The van der Waals surface area contributed by atoms with E-state index in [9.17, 15) is 10.2 Å². The summed E-state index contributed by atoms with van der Waals surface area (Å²) in [5.74, 6) is 2.20. The van der Waals surface area contributed by atoms with Crippen LogP contribution in [0.3, 0.4) is 0 Å². The second-order valence-corrected chi connectivity index (χ2v) is 7.59. The smallest absolute Gasteiger partial charge is 0.231 e. The molecule has 0 amide bonds. The highest BCUT2D eigenvalue weighted by Crippen LogP contribution is 2.57. The first-order valence-corrected chi connectivity index (χ1v) is 9.58. The maximum atomic E-state index is 11.3. The van der Waals surface area contributed by atoms with Gasteiger partial charge in [0.15, 0.2) is 23.0 Å². The Morgan fingerprint density at radius 3 is 2.28 bits per heavy atom. The minimum Gasteiger partial charge on any atom is -0.504 e. The van der Waals surface area contributed by atoms with Gasteiger partial charge in [-0.05, 0) is 41.5 Å². The Hall–Kier alpha value is -2.80. The molecule has 0 saturated heterocycles. The molecule has 0 radical (unpaired) electrons. The maximum absolute atomic E-state index is 11.3. The SMILES string of the molecule is COc1c(O)cc2c(c1OC)-c1c(cc3c(c1OC)OCO3)C(O)C(C)C(C)C2. The van der Waals surface area contributed by atoms with E-state index in [1.807, 2.05) is 13.0 Å². The Kier molecular flexibility index (Phi) is 4.86. The first-order chi connectivity index (χ1) is 13.9. The van der Waals surface area contributed by atoms with E-state index in [0.717, 1.165) is 5.56 Å². The third kappa shape index (κ3) is 2.83. The van der Waals surface area contributed by atoms with Crippen molar-refractivity contribution in [3.63, 3.8) is 0 Å². The zero-order valence-corrected chi connectivity index (χ0v) is 17.2. The van der Waals surface area contributed by atoms with E-state index in [4.69, 9.17) is 23.7 Å². The normalized spacial score (nSPS) is 22.2. The van der Waals surface area contributed by atoms with Crippen LogP contribution in [0.25, 0.3) is 11.1 Å². The van der Waals surface area contributed by atoms with Crippen LogP contribution < -0.4 is 23.7 Å². The van der Waals surface area contributed by atoms with E-state index >= 15 is 0 Å². The van der Waals surface area contributed by atoms with Gasteiger partial charge in [-0.1, -0.05) is 13.8 Å². The molecule has 3 atom stereocenters. The molecular formula is C22H26O7. The van der Waals surface area contributed by atoms with Gasteiger partial charge in [0.25, 0.3) is 0 Å². The summed E-state index contributed by atoms with van der Waals surface area (Å²) in [6.45, 7) is 4.18. The van der Waals surface area contributed by atoms with E-state index < -0.39 is 6.10 Å². The monoisotopic (exact) mass is 402 g/mol. The number of hydrogen-bond donors (Lipinski definition) is 2. The summed E-state index contributed by atoms with van der Waals surface area (Å²) < 4.78 is 28.1. The topological polar surface area (TPSA) is 86.6 Å². The molecule has 156 valence electrons. The molecule has 0 spiro atoms. The summed E-state index contributed by atoms with van der Waals surface area (Å²) in [6, 6.07) is 3.51. The molecule has 0 fully saturated rings. The molecule has 1 heterocycles. The molecule has 1 aliphatic carbocycles. The number of benzene rings is 2. The predicted molar refractivity (Wildman–Crippen MR) is 106 cm³/mol. The van der Waals surface area contributed by atoms with Crippen LogP contribution in [0.1, 0.15) is 31.1 Å². The summed E-state index contributed by atoms with van der Waals surface area (Å²) in [6.07, 6.45) is -0.112. The molecule has 7 nitrogen and oxygen atoms in total. The van der Waals surface area contributed by atoms with Crippen molar-refractivity contribution in [3.8, 4) is 45.6 Å². The van der Waals surface area contributed by atoms with Crippen molar-refractivity contribution in [2.45, 2.75) is 26.4 Å². The van der Waals surface area contributed by atoms with Gasteiger partial charge in [-0.25, -0.2) is 0 Å². The van der Waals surface area contributed by atoms with Crippen molar-refractivity contribution in [2.24, 2.45) is 11.8 Å². The van der Waals surface area contributed by atoms with Gasteiger partial charge < -0.3 is 33.9 Å². The number of phenolic OH excluding ortho intramolecular Hbond substituents is 1. The molecule has 2 aliphatic rings. The van der Waals surface area contributed by atoms with Crippen LogP contribution in [0, 0.1) is 11.8 Å². The van der Waals surface area contributed by atoms with Gasteiger partial charge in [0.1, 0.15) is 0 Å². The lowest BCUT2D eigenvalue weighted by Gasteiger charge is -2.33. The number of methoxy groups -OCH3 is 3. The van der Waals surface area contributed by atoms with Gasteiger partial charge in [0.2, 0.25) is 18.3 Å². The molecule has 3 unspecified atom stereocenters. The second-order valence-electron chi connectivity index (χ2n) is 7.59. The Balaban J connectivity index is 2.16. The molecular weight excluding hydrogens is 376 g/mol. The Labute approximate surface area is 169 Å². The largest absolute Gasteiger partial charge is 0.504 e. The van der Waals surface area contributed by atoms with Crippen LogP contribution in [0.4, 0.5) is 0 Å². The zero-order valence-electron chi connectivity index (χ0n) is 17.2. The van der Waals surface area contributed by atoms with Crippen LogP contribution in [-0.4, -0.2) is 38.3 Å². The van der Waals surface area contributed by atoms with Crippen molar-refractivity contribution in [3.05, 3.63) is 23.3 Å². The van der Waals surface area contributed by atoms with Crippen LogP contribution in [0.2, 0.25) is 0 Å². The Morgan fingerprint density at radius 2 is 1.62 bits per heavy atom. The number of hydrogen-bond acceptors (Lipinski definition) is 7. The van der Waals surface area contributed by atoms with Gasteiger partial charge in [-0.2, -0.15) is 0 Å². The van der Waals surface area contributed by atoms with Crippen molar-refractivity contribution in [1.29, 1.82) is 0 Å². The minimum absolute atomic E-state index is 0.00494. The molecule has 2 aromatic rings. The number of phenols is 1. The molecule has 0 saturated carbocycles. The van der Waals surface area contributed by atoms with E-state index in [-0.39, 0.29) is 30.1 Å². The van der Waals surface area contributed by atoms with E-state index in [1.54, 1.807) is 13.2 Å². The highest BCUT2D eigenvalue weighted by molar-refractivity contribution is 5.88. The van der Waals surface area contributed by atoms with E-state index in [2.05, 4.69) is 6.92 Å². The molecule has 4 rings (SSSR count). The van der Waals surface area contributed by atoms with Crippen LogP contribution in [0.5, 0.6) is 34.5 Å². The van der Waals surface area contributed by atoms with Gasteiger partial charge in [0, 0.05) is 11.1 Å². The minimum atomic E-state index is -0.749. The highest BCUT2D eigenvalue weighted by Gasteiger charge is 2.37. The van der Waals surface area contributed by atoms with Crippen molar-refractivity contribution in [2.75, 3.05) is 28.1 Å². The number of aromatic hydroxyl groups is 1. The summed E-state index contributed by atoms with van der Waals surface area (Å²) >= 11 is 0. The lowest BCUT2D eigenvalue weighted by atomic mass is 9.76. The number of fused-ring (bicyclic) bond motifs is 4. The van der Waals surface area contributed by atoms with Crippen molar-refractivity contribution >= 4 is 0 Å². The fraction of sp³-hybridized carbons (Fsp3) is 0.455. The van der Waals surface area contributed by atoms with Crippen molar-refractivity contribution in [1.82, 2.24) is 0 Å². The number of ether oxygens (including phenoxy) is 5. The van der Waals surface area contributed by atoms with Gasteiger partial charge in [-0.15, -0.1) is 0 Å². The fourth-order valence-electron chi connectivity index (χ4n) is 4.35. The lowest BCUT2D eigenvalue weighted by molar-refractivity contribution is 0.0864. The predicted octanol–water partition coefficient (Wildman–Crippen LogP) is 3.68. The number of aliphatic hydroxyl groups is 1. The van der Waals surface area contributed by atoms with E-state index in [1.165, 1.54) is 14.2 Å². The molecule has 0 aromatic heterocycles. The summed E-state index contributed by atoms with van der Waals surface area (Å²) in [4.78, 5) is 0. The van der Waals surface area contributed by atoms with E-state index in [0.29, 0.717) is 46.1 Å². The lowest BCUT2D eigenvalue weighted by Crippen LogP contribution is -2.22. The van der Waals surface area contributed by atoms with Gasteiger partial charge in [0.05, 0.1) is 27.4 Å². The summed E-state index contributed by atoms with van der Waals surface area (Å²) in [7, 11) is 4.56. The fourth-order valence-corrected chi connectivity index (χ4v) is 4.35. The van der Waals surface area contributed by atoms with Crippen LogP contribution in [-0.2, 0) is 6.42 Å². The third-order valence-corrected chi connectivity index (χ3v) is 6.07. The average molecular weight is 402 g/mol. The maximum Gasteiger partial charge on any atom is 0.231 e. The van der Waals surface area contributed by atoms with Crippen LogP contribution in [0.15, 0.2) is 12.1 Å². The summed E-state index contributed by atoms with van der Waals surface area (Å²) in [5, 5.41) is 21.8. The summed E-state index contributed by atoms with van der Waals surface area (Å²) in [5.41, 5.74) is 2.92. The molecule has 1 aliphatic heterocycles. The highest BCUT2D eigenvalue weighted by atomic mass is 16.7. The van der Waals surface area contributed by atoms with Gasteiger partial charge >= 0.3 is 0 Å². The van der Waals surface area contributed by atoms with Gasteiger partial charge in [-0.3, -0.25) is 0 Å². The molecule has 2 N–H and O–H groups in total. The third-order valence-electron chi connectivity index (χ3n) is 6.07. The molecule has 2 aromatic carbocycles. The Morgan fingerprint density at radius 1 is 0.931 bits per heavy atom.